The van der Waals surface area contributed by atoms with Gasteiger partial charge in [-0.05, 0) is 24.6 Å². The molecule has 2 aliphatic rings. The summed E-state index contributed by atoms with van der Waals surface area (Å²) in [5, 5.41) is 8.81. The molecule has 1 unspecified atom stereocenters. The molecule has 1 fully saturated rings. The van der Waals surface area contributed by atoms with E-state index in [1.165, 1.54) is 0 Å². The van der Waals surface area contributed by atoms with Crippen LogP contribution in [-0.4, -0.2) is 30.1 Å². The van der Waals surface area contributed by atoms with Gasteiger partial charge in [-0.1, -0.05) is 0 Å². The molecule has 1 aromatic rings. The number of carboxylic acid groups (broad SMARTS) is 1. The van der Waals surface area contributed by atoms with E-state index in [0.29, 0.717) is 36.7 Å². The number of benzene rings is 1. The van der Waals surface area contributed by atoms with Crippen LogP contribution in [-0.2, 0) is 4.79 Å². The molecule has 1 saturated carbocycles. The smallest absolute Gasteiger partial charge is 0.307 e. The number of rotatable bonds is 3. The van der Waals surface area contributed by atoms with E-state index >= 15 is 0 Å². The molecule has 0 aromatic heterocycles. The van der Waals surface area contributed by atoms with Crippen LogP contribution in [0.15, 0.2) is 18.2 Å². The van der Waals surface area contributed by atoms with Crippen molar-refractivity contribution in [2.45, 2.75) is 6.42 Å². The SMILES string of the molecule is O=C(O)C1C[C@@H]1C(=O)c1ccc2c(c1)OCCO2. The average Bonchev–Trinajstić information content (AvgIpc) is 3.17. The Hall–Kier alpha value is -2.04. The number of hydrogen-bond acceptors (Lipinski definition) is 4. The second-order valence-electron chi connectivity index (χ2n) is 4.51. The van der Waals surface area contributed by atoms with Crippen LogP contribution in [0.1, 0.15) is 16.8 Å². The van der Waals surface area contributed by atoms with Crippen LogP contribution >= 0.6 is 0 Å². The Labute approximate surface area is 103 Å². The van der Waals surface area contributed by atoms with Crippen molar-refractivity contribution < 1.29 is 24.2 Å². The Kier molecular flexibility index (Phi) is 2.47. The van der Waals surface area contributed by atoms with Crippen molar-refractivity contribution in [1.82, 2.24) is 0 Å². The summed E-state index contributed by atoms with van der Waals surface area (Å²) < 4.78 is 10.8. The molecule has 5 nitrogen and oxygen atoms in total. The van der Waals surface area contributed by atoms with Crippen LogP contribution in [0.2, 0.25) is 0 Å². The van der Waals surface area contributed by atoms with Gasteiger partial charge >= 0.3 is 5.97 Å². The summed E-state index contributed by atoms with van der Waals surface area (Å²) in [6.07, 6.45) is 0.433. The van der Waals surface area contributed by atoms with Gasteiger partial charge in [-0.15, -0.1) is 0 Å². The van der Waals surface area contributed by atoms with Crippen molar-refractivity contribution in [2.75, 3.05) is 13.2 Å². The topological polar surface area (TPSA) is 72.8 Å². The molecule has 1 aliphatic heterocycles. The molecule has 3 rings (SSSR count). The van der Waals surface area contributed by atoms with Crippen LogP contribution in [0.3, 0.4) is 0 Å². The maximum atomic E-state index is 12.0. The molecule has 0 bridgehead atoms. The van der Waals surface area contributed by atoms with Crippen molar-refractivity contribution in [1.29, 1.82) is 0 Å². The summed E-state index contributed by atoms with van der Waals surface area (Å²) >= 11 is 0. The molecule has 2 atom stereocenters. The van der Waals surface area contributed by atoms with E-state index in [-0.39, 0.29) is 11.7 Å². The summed E-state index contributed by atoms with van der Waals surface area (Å²) in [7, 11) is 0. The molecule has 0 amide bonds. The molecule has 1 aromatic carbocycles. The van der Waals surface area contributed by atoms with Crippen molar-refractivity contribution >= 4 is 11.8 Å². The molecule has 18 heavy (non-hydrogen) atoms. The normalized spacial score (nSPS) is 24.4. The second-order valence-corrected chi connectivity index (χ2v) is 4.51. The van der Waals surface area contributed by atoms with Crippen molar-refractivity contribution in [3.63, 3.8) is 0 Å². The number of Topliss-reactive ketones (excluding diaryl/α,β-unsaturated/α-hetero) is 1. The van der Waals surface area contributed by atoms with Gasteiger partial charge in [-0.2, -0.15) is 0 Å². The summed E-state index contributed by atoms with van der Waals surface area (Å²) in [5.41, 5.74) is 0.494. The van der Waals surface area contributed by atoms with E-state index in [0.717, 1.165) is 0 Å². The molecule has 1 aliphatic carbocycles. The van der Waals surface area contributed by atoms with Gasteiger partial charge < -0.3 is 14.6 Å². The first-order valence-corrected chi connectivity index (χ1v) is 5.83. The fourth-order valence-corrected chi connectivity index (χ4v) is 2.17. The molecule has 5 heteroatoms. The zero-order valence-electron chi connectivity index (χ0n) is 9.59. The molecule has 94 valence electrons. The highest BCUT2D eigenvalue weighted by Crippen LogP contribution is 2.42. The Morgan fingerprint density at radius 2 is 1.83 bits per heavy atom. The zero-order valence-corrected chi connectivity index (χ0v) is 9.59. The van der Waals surface area contributed by atoms with Crippen LogP contribution in [0.5, 0.6) is 11.5 Å². The maximum absolute atomic E-state index is 12.0. The molecule has 0 saturated heterocycles. The molecule has 0 radical (unpaired) electrons. The standard InChI is InChI=1S/C13H12O5/c14-12(8-6-9(8)13(15)16)7-1-2-10-11(5-7)18-4-3-17-10/h1-2,5,8-9H,3-4,6H2,(H,15,16)/t8-,9?/m0/s1. The van der Waals surface area contributed by atoms with Gasteiger partial charge in [0, 0.05) is 11.5 Å². The minimum absolute atomic E-state index is 0.126. The molecule has 0 spiro atoms. The van der Waals surface area contributed by atoms with Gasteiger partial charge in [0.2, 0.25) is 0 Å². The number of hydrogen-bond donors (Lipinski definition) is 1. The molecule has 1 heterocycles. The monoisotopic (exact) mass is 248 g/mol. The lowest BCUT2D eigenvalue weighted by molar-refractivity contribution is -0.138. The third-order valence-corrected chi connectivity index (χ3v) is 3.27. The summed E-state index contributed by atoms with van der Waals surface area (Å²) in [6.45, 7) is 0.968. The van der Waals surface area contributed by atoms with Crippen LogP contribution in [0.25, 0.3) is 0 Å². The average molecular weight is 248 g/mol. The fourth-order valence-electron chi connectivity index (χ4n) is 2.17. The Morgan fingerprint density at radius 1 is 1.11 bits per heavy atom. The molecular weight excluding hydrogens is 236 g/mol. The first kappa shape index (κ1) is 11.1. The lowest BCUT2D eigenvalue weighted by Gasteiger charge is -2.18. The Bertz CT molecular complexity index is 522. The van der Waals surface area contributed by atoms with Gasteiger partial charge in [-0.3, -0.25) is 9.59 Å². The fraction of sp³-hybridized carbons (Fsp3) is 0.385. The van der Waals surface area contributed by atoms with E-state index in [1.807, 2.05) is 0 Å². The van der Waals surface area contributed by atoms with E-state index in [4.69, 9.17) is 14.6 Å². The minimum Gasteiger partial charge on any atom is -0.486 e. The quantitative estimate of drug-likeness (QED) is 0.818. The lowest BCUT2D eigenvalue weighted by atomic mass is 10.1. The number of carbonyl (C=O) groups is 2. The van der Waals surface area contributed by atoms with E-state index in [2.05, 4.69) is 0 Å². The Morgan fingerprint density at radius 3 is 2.50 bits per heavy atom. The van der Waals surface area contributed by atoms with Gasteiger partial charge in [0.15, 0.2) is 17.3 Å². The Balaban J connectivity index is 1.81. The number of ether oxygens (including phenoxy) is 2. The van der Waals surface area contributed by atoms with E-state index < -0.39 is 11.9 Å². The third kappa shape index (κ3) is 1.81. The summed E-state index contributed by atoms with van der Waals surface area (Å²) in [4.78, 5) is 22.8. The highest BCUT2D eigenvalue weighted by molar-refractivity contribution is 6.03. The van der Waals surface area contributed by atoms with Crippen molar-refractivity contribution in [3.05, 3.63) is 23.8 Å². The van der Waals surface area contributed by atoms with Gasteiger partial charge in [-0.25, -0.2) is 0 Å². The number of aliphatic carboxylic acids is 1. The van der Waals surface area contributed by atoms with Crippen LogP contribution in [0, 0.1) is 11.8 Å². The number of carboxylic acids is 1. The number of fused-ring (bicyclic) bond motifs is 1. The highest BCUT2D eigenvalue weighted by atomic mass is 16.6. The minimum atomic E-state index is -0.897. The number of ketones is 1. The molecule has 1 N–H and O–H groups in total. The zero-order chi connectivity index (χ0) is 12.7. The third-order valence-electron chi connectivity index (χ3n) is 3.27. The predicted octanol–water partition coefficient (Wildman–Crippen LogP) is 1.36. The first-order valence-electron chi connectivity index (χ1n) is 5.83. The van der Waals surface area contributed by atoms with Gasteiger partial charge in [0.1, 0.15) is 13.2 Å². The van der Waals surface area contributed by atoms with Crippen molar-refractivity contribution in [3.8, 4) is 11.5 Å². The largest absolute Gasteiger partial charge is 0.486 e. The lowest BCUT2D eigenvalue weighted by Crippen LogP contribution is -2.16. The van der Waals surface area contributed by atoms with Crippen LogP contribution < -0.4 is 9.47 Å². The maximum Gasteiger partial charge on any atom is 0.307 e. The second kappa shape index (κ2) is 4.01. The first-order chi connectivity index (χ1) is 8.66. The predicted molar refractivity (Wildman–Crippen MR) is 61.0 cm³/mol. The van der Waals surface area contributed by atoms with Gasteiger partial charge in [0.05, 0.1) is 5.92 Å². The summed E-state index contributed by atoms with van der Waals surface area (Å²) in [6, 6.07) is 4.99. The van der Waals surface area contributed by atoms with Gasteiger partial charge in [0.25, 0.3) is 0 Å². The summed E-state index contributed by atoms with van der Waals surface area (Å²) in [5.74, 6) is -0.746. The van der Waals surface area contributed by atoms with E-state index in [1.54, 1.807) is 18.2 Å². The van der Waals surface area contributed by atoms with Crippen LogP contribution in [0.4, 0.5) is 0 Å². The highest BCUT2D eigenvalue weighted by Gasteiger charge is 2.48. The van der Waals surface area contributed by atoms with Crippen molar-refractivity contribution in [2.24, 2.45) is 11.8 Å². The molecular formula is C13H12O5. The number of carbonyl (C=O) groups excluding carboxylic acids is 1. The van der Waals surface area contributed by atoms with E-state index in [9.17, 15) is 9.59 Å².